The van der Waals surface area contributed by atoms with Crippen LogP contribution in [-0.2, 0) is 0 Å². The van der Waals surface area contributed by atoms with Gasteiger partial charge in [0, 0.05) is 42.0 Å². The number of rotatable bonds is 6. The summed E-state index contributed by atoms with van der Waals surface area (Å²) in [5.74, 6) is 0.516. The number of hydrogen-bond acceptors (Lipinski definition) is 6. The van der Waals surface area contributed by atoms with Crippen LogP contribution in [0.15, 0.2) is 78.3 Å². The first kappa shape index (κ1) is 19.6. The van der Waals surface area contributed by atoms with Crippen molar-refractivity contribution in [3.05, 3.63) is 83.9 Å². The summed E-state index contributed by atoms with van der Waals surface area (Å²) in [5.41, 5.74) is 4.27. The topological polar surface area (TPSA) is 70.2 Å². The number of hydrogen-bond donors (Lipinski definition) is 2. The largest absolute Gasteiger partial charge is 0.376 e. The van der Waals surface area contributed by atoms with Gasteiger partial charge in [0.05, 0.1) is 11.9 Å². The zero-order chi connectivity index (χ0) is 20.9. The quantitative estimate of drug-likeness (QED) is 0.449. The Balaban J connectivity index is 1.39. The first-order valence-corrected chi connectivity index (χ1v) is 10.3. The van der Waals surface area contributed by atoms with E-state index in [1.54, 1.807) is 17.5 Å². The number of aromatic nitrogens is 2. The Morgan fingerprint density at radius 3 is 2.37 bits per heavy atom. The van der Waals surface area contributed by atoms with Crippen LogP contribution >= 0.6 is 11.3 Å². The van der Waals surface area contributed by atoms with Gasteiger partial charge in [0.2, 0.25) is 0 Å². The average molecular weight is 416 g/mol. The molecule has 0 saturated carbocycles. The van der Waals surface area contributed by atoms with Crippen molar-refractivity contribution in [1.29, 1.82) is 0 Å². The summed E-state index contributed by atoms with van der Waals surface area (Å²) in [6, 6.07) is 21.1. The summed E-state index contributed by atoms with van der Waals surface area (Å²) < 4.78 is 0. The molecule has 4 aromatic rings. The van der Waals surface area contributed by atoms with Crippen molar-refractivity contribution in [3.8, 4) is 10.4 Å². The van der Waals surface area contributed by atoms with Gasteiger partial charge >= 0.3 is 0 Å². The van der Waals surface area contributed by atoms with E-state index in [-0.39, 0.29) is 5.91 Å². The fourth-order valence-electron chi connectivity index (χ4n) is 2.88. The predicted molar refractivity (Wildman–Crippen MR) is 124 cm³/mol. The lowest BCUT2D eigenvalue weighted by Crippen LogP contribution is -2.11. The van der Waals surface area contributed by atoms with Crippen molar-refractivity contribution in [2.24, 2.45) is 0 Å². The lowest BCUT2D eigenvalue weighted by Gasteiger charge is -2.13. The molecule has 0 saturated heterocycles. The van der Waals surface area contributed by atoms with E-state index in [4.69, 9.17) is 0 Å². The summed E-state index contributed by atoms with van der Waals surface area (Å²) in [5, 5.41) is 16.3. The Bertz CT molecular complexity index is 1120. The first-order chi connectivity index (χ1) is 14.6. The van der Waals surface area contributed by atoms with E-state index in [1.807, 2.05) is 85.0 Å². The van der Waals surface area contributed by atoms with Gasteiger partial charge in [0.1, 0.15) is 0 Å². The first-order valence-electron chi connectivity index (χ1n) is 9.41. The van der Waals surface area contributed by atoms with E-state index in [1.165, 1.54) is 4.88 Å². The number of nitrogens with zero attached hydrogens (tertiary/aromatic N) is 3. The highest BCUT2D eigenvalue weighted by Crippen LogP contribution is 2.25. The highest BCUT2D eigenvalue weighted by atomic mass is 32.1. The van der Waals surface area contributed by atoms with Crippen molar-refractivity contribution in [1.82, 2.24) is 10.2 Å². The minimum Gasteiger partial charge on any atom is -0.376 e. The molecule has 150 valence electrons. The molecule has 30 heavy (non-hydrogen) atoms. The summed E-state index contributed by atoms with van der Waals surface area (Å²) >= 11 is 1.68. The zero-order valence-electron chi connectivity index (χ0n) is 16.7. The number of carbonyl (C=O) groups excluding carboxylic acids is 1. The average Bonchev–Trinajstić information content (AvgIpc) is 3.30. The number of benzene rings is 2. The maximum absolute atomic E-state index is 12.5. The fraction of sp³-hybridized carbons (Fsp3) is 0.0870. The molecule has 2 heterocycles. The molecular formula is C23H21N5OS. The van der Waals surface area contributed by atoms with Crippen molar-refractivity contribution in [2.75, 3.05) is 29.6 Å². The molecule has 0 bridgehead atoms. The van der Waals surface area contributed by atoms with Crippen LogP contribution in [0.1, 0.15) is 10.4 Å². The molecule has 0 aliphatic rings. The summed E-state index contributed by atoms with van der Waals surface area (Å²) in [6.07, 6.45) is 1.71. The molecule has 6 nitrogen and oxygen atoms in total. The number of amides is 1. The maximum Gasteiger partial charge on any atom is 0.255 e. The van der Waals surface area contributed by atoms with Crippen LogP contribution in [0, 0.1) is 0 Å². The predicted octanol–water partition coefficient (Wildman–Crippen LogP) is 5.27. The Morgan fingerprint density at radius 2 is 1.70 bits per heavy atom. The van der Waals surface area contributed by atoms with Gasteiger partial charge in [-0.05, 0) is 53.4 Å². The van der Waals surface area contributed by atoms with E-state index in [9.17, 15) is 4.79 Å². The van der Waals surface area contributed by atoms with Gasteiger partial charge in [-0.25, -0.2) is 0 Å². The smallest absolute Gasteiger partial charge is 0.255 e. The van der Waals surface area contributed by atoms with Gasteiger partial charge in [0.15, 0.2) is 5.82 Å². The third-order valence-corrected chi connectivity index (χ3v) is 5.44. The molecule has 4 rings (SSSR count). The monoisotopic (exact) mass is 415 g/mol. The van der Waals surface area contributed by atoms with Gasteiger partial charge in [-0.2, -0.15) is 5.10 Å². The molecule has 0 fully saturated rings. The summed E-state index contributed by atoms with van der Waals surface area (Å²) in [6.45, 7) is 0. The zero-order valence-corrected chi connectivity index (χ0v) is 17.5. The van der Waals surface area contributed by atoms with Crippen LogP contribution < -0.4 is 15.5 Å². The van der Waals surface area contributed by atoms with Crippen molar-refractivity contribution >= 4 is 40.1 Å². The molecule has 0 atom stereocenters. The van der Waals surface area contributed by atoms with Crippen molar-refractivity contribution in [3.63, 3.8) is 0 Å². The molecule has 0 spiro atoms. The second-order valence-electron chi connectivity index (χ2n) is 6.90. The summed E-state index contributed by atoms with van der Waals surface area (Å²) in [7, 11) is 3.90. The maximum atomic E-state index is 12.5. The SMILES string of the molecule is CN(C)c1cnnc(Nc2ccc(NC(=O)c3ccc(-c4cccs4)cc3)cc2)c1. The van der Waals surface area contributed by atoms with E-state index < -0.39 is 0 Å². The van der Waals surface area contributed by atoms with Crippen LogP contribution in [0.25, 0.3) is 10.4 Å². The molecule has 0 aliphatic heterocycles. The molecule has 1 amide bonds. The third-order valence-electron chi connectivity index (χ3n) is 4.52. The summed E-state index contributed by atoms with van der Waals surface area (Å²) in [4.78, 5) is 15.7. The van der Waals surface area contributed by atoms with Crippen LogP contribution in [0.4, 0.5) is 22.9 Å². The lowest BCUT2D eigenvalue weighted by molar-refractivity contribution is 0.102. The van der Waals surface area contributed by atoms with Crippen molar-refractivity contribution in [2.45, 2.75) is 0 Å². The fourth-order valence-corrected chi connectivity index (χ4v) is 3.61. The molecule has 0 aliphatic carbocycles. The van der Waals surface area contributed by atoms with Gasteiger partial charge in [-0.15, -0.1) is 16.4 Å². The number of carbonyl (C=O) groups is 1. The molecule has 2 N–H and O–H groups in total. The Hall–Kier alpha value is -3.71. The Kier molecular flexibility index (Phi) is 5.72. The molecular weight excluding hydrogens is 394 g/mol. The second-order valence-corrected chi connectivity index (χ2v) is 7.85. The van der Waals surface area contributed by atoms with E-state index in [0.29, 0.717) is 11.4 Å². The Morgan fingerprint density at radius 1 is 0.967 bits per heavy atom. The minimum absolute atomic E-state index is 0.141. The number of thiophene rings is 1. The van der Waals surface area contributed by atoms with Gasteiger partial charge in [-0.1, -0.05) is 18.2 Å². The van der Waals surface area contributed by atoms with Gasteiger partial charge < -0.3 is 15.5 Å². The van der Waals surface area contributed by atoms with E-state index in [2.05, 4.69) is 26.9 Å². The highest BCUT2D eigenvalue weighted by molar-refractivity contribution is 7.13. The highest BCUT2D eigenvalue weighted by Gasteiger charge is 2.08. The van der Waals surface area contributed by atoms with Crippen LogP contribution in [-0.4, -0.2) is 30.2 Å². The van der Waals surface area contributed by atoms with Gasteiger partial charge in [-0.3, -0.25) is 4.79 Å². The van der Waals surface area contributed by atoms with Crippen LogP contribution in [0.2, 0.25) is 0 Å². The molecule has 0 radical (unpaired) electrons. The standard InChI is InChI=1S/C23H21N5OS/c1-28(2)20-14-22(27-24-15-20)25-18-9-11-19(12-10-18)26-23(29)17-7-5-16(6-8-17)21-4-3-13-30-21/h3-15H,1-2H3,(H,25,27)(H,26,29). The normalized spacial score (nSPS) is 10.5. The van der Waals surface area contributed by atoms with Crippen molar-refractivity contribution < 1.29 is 4.79 Å². The number of anilines is 4. The van der Waals surface area contributed by atoms with Gasteiger partial charge in [0.25, 0.3) is 5.91 Å². The van der Waals surface area contributed by atoms with Crippen LogP contribution in [0.5, 0.6) is 0 Å². The van der Waals surface area contributed by atoms with Crippen LogP contribution in [0.3, 0.4) is 0 Å². The van der Waals surface area contributed by atoms with E-state index in [0.717, 1.165) is 22.6 Å². The molecule has 2 aromatic carbocycles. The number of nitrogens with one attached hydrogen (secondary N) is 2. The lowest BCUT2D eigenvalue weighted by atomic mass is 10.1. The second kappa shape index (κ2) is 8.75. The minimum atomic E-state index is -0.141. The third kappa shape index (κ3) is 4.64. The molecule has 7 heteroatoms. The van der Waals surface area contributed by atoms with E-state index >= 15 is 0 Å². The molecule has 0 unspecified atom stereocenters. The Labute approximate surface area is 179 Å². The molecule has 2 aromatic heterocycles.